The third-order valence-electron chi connectivity index (χ3n) is 2.91. The average molecular weight is 260 g/mol. The molecule has 1 aliphatic rings. The van der Waals surface area contributed by atoms with E-state index in [9.17, 15) is 8.42 Å². The molecule has 0 bridgehead atoms. The van der Waals surface area contributed by atoms with Crippen molar-refractivity contribution in [2.75, 3.05) is 13.1 Å². The molecule has 3 nitrogen and oxygen atoms in total. The van der Waals surface area contributed by atoms with Crippen LogP contribution in [-0.4, -0.2) is 26.8 Å². The summed E-state index contributed by atoms with van der Waals surface area (Å²) in [6.45, 7) is 3.13. The molecule has 0 amide bonds. The van der Waals surface area contributed by atoms with Crippen molar-refractivity contribution in [2.24, 2.45) is 0 Å². The number of benzene rings is 1. The van der Waals surface area contributed by atoms with Crippen molar-refractivity contribution >= 4 is 21.4 Å². The summed E-state index contributed by atoms with van der Waals surface area (Å²) in [5.74, 6) is 0. The van der Waals surface area contributed by atoms with Gasteiger partial charge in [0.25, 0.3) is 0 Å². The Balaban J connectivity index is 2.39. The molecule has 1 saturated heterocycles. The van der Waals surface area contributed by atoms with E-state index < -0.39 is 9.84 Å². The Morgan fingerprint density at radius 2 is 2.19 bits per heavy atom. The standard InChI is InChI=1S/C11H14ClNO2S/c1-8-6-9(2-3-11(8)12)16(14,15)10-4-5-13-7-10/h2-3,6,10,13H,4-5,7H2,1H3. The van der Waals surface area contributed by atoms with Gasteiger partial charge in [-0.1, -0.05) is 11.6 Å². The highest BCUT2D eigenvalue weighted by atomic mass is 35.5. The van der Waals surface area contributed by atoms with Gasteiger partial charge in [0.15, 0.2) is 9.84 Å². The van der Waals surface area contributed by atoms with E-state index in [-0.39, 0.29) is 5.25 Å². The summed E-state index contributed by atoms with van der Waals surface area (Å²) in [5.41, 5.74) is 0.800. The van der Waals surface area contributed by atoms with Gasteiger partial charge in [0.1, 0.15) is 0 Å². The van der Waals surface area contributed by atoms with E-state index >= 15 is 0 Å². The van der Waals surface area contributed by atoms with E-state index in [4.69, 9.17) is 11.6 Å². The summed E-state index contributed by atoms with van der Waals surface area (Å²) < 4.78 is 24.4. The Bertz CT molecular complexity index is 493. The van der Waals surface area contributed by atoms with Crippen LogP contribution in [-0.2, 0) is 9.84 Å². The van der Waals surface area contributed by atoms with E-state index in [0.717, 1.165) is 12.1 Å². The third kappa shape index (κ3) is 2.10. The maximum Gasteiger partial charge on any atom is 0.182 e. The lowest BCUT2D eigenvalue weighted by Crippen LogP contribution is -2.24. The molecule has 1 aromatic carbocycles. The van der Waals surface area contributed by atoms with Crippen LogP contribution in [0.25, 0.3) is 0 Å². The van der Waals surface area contributed by atoms with Crippen molar-refractivity contribution in [1.82, 2.24) is 5.32 Å². The highest BCUT2D eigenvalue weighted by Crippen LogP contribution is 2.24. The molecular formula is C11H14ClNO2S. The Labute approximate surface area is 101 Å². The minimum Gasteiger partial charge on any atom is -0.315 e. The van der Waals surface area contributed by atoms with Gasteiger partial charge in [-0.05, 0) is 43.7 Å². The van der Waals surface area contributed by atoms with Crippen LogP contribution in [0.2, 0.25) is 5.02 Å². The van der Waals surface area contributed by atoms with Crippen LogP contribution in [0.15, 0.2) is 23.1 Å². The minimum absolute atomic E-state index is 0.298. The molecule has 2 rings (SSSR count). The molecule has 1 N–H and O–H groups in total. The van der Waals surface area contributed by atoms with Crippen LogP contribution >= 0.6 is 11.6 Å². The molecular weight excluding hydrogens is 246 g/mol. The molecule has 1 aliphatic heterocycles. The Hall–Kier alpha value is -0.580. The van der Waals surface area contributed by atoms with Gasteiger partial charge in [0.2, 0.25) is 0 Å². The minimum atomic E-state index is -3.20. The number of aryl methyl sites for hydroxylation is 1. The van der Waals surface area contributed by atoms with Gasteiger partial charge in [-0.15, -0.1) is 0 Å². The topological polar surface area (TPSA) is 46.2 Å². The van der Waals surface area contributed by atoms with E-state index in [1.54, 1.807) is 18.2 Å². The van der Waals surface area contributed by atoms with E-state index in [1.807, 2.05) is 6.92 Å². The first-order valence-electron chi connectivity index (χ1n) is 5.22. The summed E-state index contributed by atoms with van der Waals surface area (Å²) in [4.78, 5) is 0.378. The zero-order valence-corrected chi connectivity index (χ0v) is 10.6. The number of rotatable bonds is 2. The van der Waals surface area contributed by atoms with Gasteiger partial charge in [-0.2, -0.15) is 0 Å². The third-order valence-corrected chi connectivity index (χ3v) is 5.53. The second kappa shape index (κ2) is 4.35. The van der Waals surface area contributed by atoms with Crippen molar-refractivity contribution in [1.29, 1.82) is 0 Å². The second-order valence-electron chi connectivity index (χ2n) is 4.07. The van der Waals surface area contributed by atoms with Gasteiger partial charge >= 0.3 is 0 Å². The second-order valence-corrected chi connectivity index (χ2v) is 6.71. The maximum absolute atomic E-state index is 12.2. The number of hydrogen-bond donors (Lipinski definition) is 1. The first-order valence-corrected chi connectivity index (χ1v) is 7.15. The SMILES string of the molecule is Cc1cc(S(=O)(=O)C2CCNC2)ccc1Cl. The molecule has 1 unspecified atom stereocenters. The van der Waals surface area contributed by atoms with Gasteiger partial charge in [0, 0.05) is 11.6 Å². The fourth-order valence-corrected chi connectivity index (χ4v) is 3.75. The lowest BCUT2D eigenvalue weighted by Gasteiger charge is -2.11. The summed E-state index contributed by atoms with van der Waals surface area (Å²) in [7, 11) is -3.20. The molecule has 16 heavy (non-hydrogen) atoms. The summed E-state index contributed by atoms with van der Waals surface area (Å²) in [6.07, 6.45) is 0.685. The predicted octanol–water partition coefficient (Wildman–Crippen LogP) is 1.78. The zero-order chi connectivity index (χ0) is 11.8. The quantitative estimate of drug-likeness (QED) is 0.881. The van der Waals surface area contributed by atoms with Crippen molar-refractivity contribution in [3.8, 4) is 0 Å². The molecule has 0 saturated carbocycles. The monoisotopic (exact) mass is 259 g/mol. The van der Waals surface area contributed by atoms with Crippen LogP contribution < -0.4 is 5.32 Å². The van der Waals surface area contributed by atoms with Gasteiger partial charge in [-0.25, -0.2) is 8.42 Å². The van der Waals surface area contributed by atoms with Gasteiger partial charge < -0.3 is 5.32 Å². The fraction of sp³-hybridized carbons (Fsp3) is 0.455. The molecule has 1 aromatic rings. The first-order chi connectivity index (χ1) is 7.51. The molecule has 1 heterocycles. The smallest absolute Gasteiger partial charge is 0.182 e. The number of sulfone groups is 1. The predicted molar refractivity (Wildman–Crippen MR) is 64.6 cm³/mol. The molecule has 5 heteroatoms. The van der Waals surface area contributed by atoms with Crippen LogP contribution in [0.5, 0.6) is 0 Å². The molecule has 1 atom stereocenters. The summed E-state index contributed by atoms with van der Waals surface area (Å²) in [6, 6.07) is 4.88. The van der Waals surface area contributed by atoms with Crippen LogP contribution in [0, 0.1) is 6.92 Å². The van der Waals surface area contributed by atoms with E-state index in [2.05, 4.69) is 5.32 Å². The molecule has 0 aliphatic carbocycles. The van der Waals surface area contributed by atoms with Crippen LogP contribution in [0.4, 0.5) is 0 Å². The molecule has 0 radical (unpaired) electrons. The number of hydrogen-bond acceptors (Lipinski definition) is 3. The number of halogens is 1. The van der Waals surface area contributed by atoms with Crippen molar-refractivity contribution < 1.29 is 8.42 Å². The van der Waals surface area contributed by atoms with Crippen molar-refractivity contribution in [2.45, 2.75) is 23.5 Å². The molecule has 88 valence electrons. The Morgan fingerprint density at radius 1 is 1.44 bits per heavy atom. The van der Waals surface area contributed by atoms with Crippen molar-refractivity contribution in [3.63, 3.8) is 0 Å². The van der Waals surface area contributed by atoms with Gasteiger partial charge in [-0.3, -0.25) is 0 Å². The molecule has 0 aromatic heterocycles. The fourth-order valence-electron chi connectivity index (χ4n) is 1.88. The van der Waals surface area contributed by atoms with Gasteiger partial charge in [0.05, 0.1) is 10.1 Å². The zero-order valence-electron chi connectivity index (χ0n) is 9.03. The molecule has 0 spiro atoms. The maximum atomic E-state index is 12.2. The van der Waals surface area contributed by atoms with E-state index in [1.165, 1.54) is 0 Å². The van der Waals surface area contributed by atoms with Crippen molar-refractivity contribution in [3.05, 3.63) is 28.8 Å². The van der Waals surface area contributed by atoms with Crippen LogP contribution in [0.1, 0.15) is 12.0 Å². The van der Waals surface area contributed by atoms with E-state index in [0.29, 0.717) is 22.9 Å². The highest BCUT2D eigenvalue weighted by Gasteiger charge is 2.30. The summed E-state index contributed by atoms with van der Waals surface area (Å²) in [5, 5.41) is 3.37. The first kappa shape index (κ1) is 11.9. The lowest BCUT2D eigenvalue weighted by molar-refractivity contribution is 0.583. The largest absolute Gasteiger partial charge is 0.315 e. The Morgan fingerprint density at radius 3 is 2.75 bits per heavy atom. The summed E-state index contributed by atoms with van der Waals surface area (Å²) >= 11 is 5.88. The normalized spacial score (nSPS) is 21.2. The average Bonchev–Trinajstić information content (AvgIpc) is 2.75. The van der Waals surface area contributed by atoms with Crippen LogP contribution in [0.3, 0.4) is 0 Å². The molecule has 1 fully saturated rings. The number of nitrogens with one attached hydrogen (secondary N) is 1. The highest BCUT2D eigenvalue weighted by molar-refractivity contribution is 7.92. The Kier molecular flexibility index (Phi) is 3.24. The lowest BCUT2D eigenvalue weighted by atomic mass is 10.2.